The van der Waals surface area contributed by atoms with Crippen LogP contribution in [0.15, 0.2) is 36.5 Å². The molecule has 0 unspecified atom stereocenters. The maximum atomic E-state index is 13.6. The first-order valence-electron chi connectivity index (χ1n) is 5.41. The monoisotopic (exact) mass is 253 g/mol. The molecule has 0 fully saturated rings. The first-order chi connectivity index (χ1) is 9.24. The van der Waals surface area contributed by atoms with E-state index in [9.17, 15) is 4.39 Å². The highest BCUT2D eigenvalue weighted by Gasteiger charge is 2.07. The van der Waals surface area contributed by atoms with Gasteiger partial charge in [0, 0.05) is 11.8 Å². The minimum Gasteiger partial charge on any atom is -0.486 e. The second-order valence-corrected chi connectivity index (χ2v) is 3.67. The standard InChI is InChI=1S/C14H8FN3O/c15-12-6-10(7-16)3-4-14(12)19-9-11-2-1-5-18-13(11)8-17/h1-6H,9H2. The molecule has 5 heteroatoms. The maximum Gasteiger partial charge on any atom is 0.166 e. The number of halogens is 1. The van der Waals surface area contributed by atoms with E-state index in [-0.39, 0.29) is 23.6 Å². The Morgan fingerprint density at radius 3 is 2.74 bits per heavy atom. The lowest BCUT2D eigenvalue weighted by Crippen LogP contribution is -2.01. The van der Waals surface area contributed by atoms with Crippen molar-refractivity contribution in [1.29, 1.82) is 10.5 Å². The molecule has 0 atom stereocenters. The zero-order valence-electron chi connectivity index (χ0n) is 9.80. The van der Waals surface area contributed by atoms with Crippen molar-refractivity contribution < 1.29 is 9.13 Å². The fourth-order valence-corrected chi connectivity index (χ4v) is 1.50. The van der Waals surface area contributed by atoms with Gasteiger partial charge < -0.3 is 4.74 Å². The Morgan fingerprint density at radius 2 is 2.05 bits per heavy atom. The molecule has 1 aromatic carbocycles. The summed E-state index contributed by atoms with van der Waals surface area (Å²) in [6, 6.07) is 11.1. The minimum atomic E-state index is -0.610. The Morgan fingerprint density at radius 1 is 1.21 bits per heavy atom. The van der Waals surface area contributed by atoms with E-state index < -0.39 is 5.82 Å². The molecule has 0 N–H and O–H groups in total. The third kappa shape index (κ3) is 2.85. The molecule has 0 bridgehead atoms. The molecule has 2 aromatic rings. The molecule has 0 spiro atoms. The van der Waals surface area contributed by atoms with Crippen LogP contribution in [0.4, 0.5) is 4.39 Å². The van der Waals surface area contributed by atoms with Gasteiger partial charge in [-0.3, -0.25) is 0 Å². The second kappa shape index (κ2) is 5.61. The molecular formula is C14H8FN3O. The molecule has 1 heterocycles. The third-order valence-corrected chi connectivity index (χ3v) is 2.44. The normalized spacial score (nSPS) is 9.42. The highest BCUT2D eigenvalue weighted by molar-refractivity contribution is 5.36. The second-order valence-electron chi connectivity index (χ2n) is 3.67. The number of nitrogens with zero attached hydrogens (tertiary/aromatic N) is 3. The van der Waals surface area contributed by atoms with Crippen LogP contribution in [-0.2, 0) is 6.61 Å². The van der Waals surface area contributed by atoms with E-state index in [1.165, 1.54) is 18.3 Å². The predicted molar refractivity (Wildman–Crippen MR) is 64.4 cm³/mol. The molecule has 19 heavy (non-hydrogen) atoms. The van der Waals surface area contributed by atoms with Crippen LogP contribution in [0.2, 0.25) is 0 Å². The van der Waals surface area contributed by atoms with Gasteiger partial charge in [0.1, 0.15) is 18.4 Å². The number of aromatic nitrogens is 1. The Labute approximate surface area is 109 Å². The van der Waals surface area contributed by atoms with E-state index in [1.807, 2.05) is 12.1 Å². The van der Waals surface area contributed by atoms with Crippen molar-refractivity contribution >= 4 is 0 Å². The Kier molecular flexibility index (Phi) is 3.70. The quantitative estimate of drug-likeness (QED) is 0.842. The summed E-state index contributed by atoms with van der Waals surface area (Å²) in [4.78, 5) is 3.88. The molecule has 0 radical (unpaired) electrons. The van der Waals surface area contributed by atoms with Crippen LogP contribution in [0.1, 0.15) is 16.8 Å². The first kappa shape index (κ1) is 12.5. The maximum absolute atomic E-state index is 13.6. The fraction of sp³-hybridized carbons (Fsp3) is 0.0714. The van der Waals surface area contributed by atoms with Crippen LogP contribution in [0.25, 0.3) is 0 Å². The van der Waals surface area contributed by atoms with Crippen molar-refractivity contribution in [3.05, 3.63) is 59.2 Å². The third-order valence-electron chi connectivity index (χ3n) is 2.44. The van der Waals surface area contributed by atoms with E-state index in [4.69, 9.17) is 15.3 Å². The summed E-state index contributed by atoms with van der Waals surface area (Å²) in [7, 11) is 0. The number of ether oxygens (including phenoxy) is 1. The minimum absolute atomic E-state index is 0.0340. The zero-order chi connectivity index (χ0) is 13.7. The van der Waals surface area contributed by atoms with Crippen LogP contribution < -0.4 is 4.74 Å². The summed E-state index contributed by atoms with van der Waals surface area (Å²) in [6.45, 7) is 0.0412. The number of benzene rings is 1. The van der Waals surface area contributed by atoms with E-state index in [0.29, 0.717) is 5.56 Å². The van der Waals surface area contributed by atoms with Gasteiger partial charge in [0.25, 0.3) is 0 Å². The molecule has 0 saturated carbocycles. The van der Waals surface area contributed by atoms with Crippen molar-refractivity contribution in [3.63, 3.8) is 0 Å². The highest BCUT2D eigenvalue weighted by Crippen LogP contribution is 2.19. The highest BCUT2D eigenvalue weighted by atomic mass is 19.1. The summed E-state index contributed by atoms with van der Waals surface area (Å²) in [5.41, 5.74) is 1.05. The topological polar surface area (TPSA) is 69.7 Å². The van der Waals surface area contributed by atoms with Crippen molar-refractivity contribution in [2.24, 2.45) is 0 Å². The average Bonchev–Trinajstić information content (AvgIpc) is 2.46. The van der Waals surface area contributed by atoms with E-state index in [2.05, 4.69) is 4.98 Å². The Hall–Kier alpha value is -2.92. The van der Waals surface area contributed by atoms with Gasteiger partial charge in [0.2, 0.25) is 0 Å². The van der Waals surface area contributed by atoms with Crippen molar-refractivity contribution in [1.82, 2.24) is 4.98 Å². The van der Waals surface area contributed by atoms with Crippen LogP contribution in [0.5, 0.6) is 5.75 Å². The number of pyridine rings is 1. The Balaban J connectivity index is 2.16. The SMILES string of the molecule is N#Cc1ccc(OCc2cccnc2C#N)c(F)c1. The molecule has 0 aliphatic heterocycles. The summed E-state index contributed by atoms with van der Waals surface area (Å²) < 4.78 is 18.9. The number of rotatable bonds is 3. The van der Waals surface area contributed by atoms with Gasteiger partial charge in [-0.25, -0.2) is 9.37 Å². The number of hydrogen-bond donors (Lipinski definition) is 0. The summed E-state index contributed by atoms with van der Waals surface area (Å²) in [5, 5.41) is 17.5. The lowest BCUT2D eigenvalue weighted by atomic mass is 10.2. The van der Waals surface area contributed by atoms with Crippen LogP contribution in [0.3, 0.4) is 0 Å². The largest absolute Gasteiger partial charge is 0.486 e. The molecular weight excluding hydrogens is 245 g/mol. The molecule has 2 rings (SSSR count). The predicted octanol–water partition coefficient (Wildman–Crippen LogP) is 2.54. The van der Waals surface area contributed by atoms with Crippen LogP contribution in [-0.4, -0.2) is 4.98 Å². The molecule has 0 saturated heterocycles. The smallest absolute Gasteiger partial charge is 0.166 e. The van der Waals surface area contributed by atoms with E-state index in [0.717, 1.165) is 6.07 Å². The summed E-state index contributed by atoms with van der Waals surface area (Å²) >= 11 is 0. The van der Waals surface area contributed by atoms with Crippen LogP contribution >= 0.6 is 0 Å². The van der Waals surface area contributed by atoms with Gasteiger partial charge in [-0.1, -0.05) is 6.07 Å². The Bertz CT molecular complexity index is 686. The molecule has 0 aliphatic carbocycles. The van der Waals surface area contributed by atoms with E-state index >= 15 is 0 Å². The average molecular weight is 253 g/mol. The van der Waals surface area contributed by atoms with E-state index in [1.54, 1.807) is 12.1 Å². The molecule has 1 aromatic heterocycles. The van der Waals surface area contributed by atoms with Gasteiger partial charge in [0.05, 0.1) is 11.6 Å². The lowest BCUT2D eigenvalue weighted by molar-refractivity contribution is 0.289. The summed E-state index contributed by atoms with van der Waals surface area (Å²) in [5.74, 6) is -0.576. The van der Waals surface area contributed by atoms with Crippen molar-refractivity contribution in [2.45, 2.75) is 6.61 Å². The number of hydrogen-bond acceptors (Lipinski definition) is 4. The fourth-order valence-electron chi connectivity index (χ4n) is 1.50. The molecule has 92 valence electrons. The van der Waals surface area contributed by atoms with Gasteiger partial charge >= 0.3 is 0 Å². The van der Waals surface area contributed by atoms with Gasteiger partial charge in [-0.15, -0.1) is 0 Å². The van der Waals surface area contributed by atoms with Gasteiger partial charge in [0.15, 0.2) is 11.6 Å². The van der Waals surface area contributed by atoms with Crippen LogP contribution in [0, 0.1) is 28.5 Å². The number of nitriles is 2. The molecule has 4 nitrogen and oxygen atoms in total. The zero-order valence-corrected chi connectivity index (χ0v) is 9.80. The summed E-state index contributed by atoms with van der Waals surface area (Å²) in [6.07, 6.45) is 1.50. The van der Waals surface area contributed by atoms with Gasteiger partial charge in [-0.2, -0.15) is 10.5 Å². The van der Waals surface area contributed by atoms with Gasteiger partial charge in [-0.05, 0) is 24.3 Å². The molecule has 0 aliphatic rings. The van der Waals surface area contributed by atoms with Crippen molar-refractivity contribution in [3.8, 4) is 17.9 Å². The molecule has 0 amide bonds. The van der Waals surface area contributed by atoms with Crippen molar-refractivity contribution in [2.75, 3.05) is 0 Å². The first-order valence-corrected chi connectivity index (χ1v) is 5.41. The lowest BCUT2D eigenvalue weighted by Gasteiger charge is -2.08.